The Morgan fingerprint density at radius 1 is 0.429 bits per heavy atom. The van der Waals surface area contributed by atoms with E-state index in [4.69, 9.17) is 19.3 Å². The van der Waals surface area contributed by atoms with Crippen molar-refractivity contribution in [3.05, 3.63) is 187 Å². The van der Waals surface area contributed by atoms with E-state index in [1.54, 1.807) is 0 Å². The number of fused-ring (bicyclic) bond motifs is 9. The van der Waals surface area contributed by atoms with E-state index in [1.165, 1.54) is 59.2 Å². The van der Waals surface area contributed by atoms with Gasteiger partial charge in [-0.2, -0.15) is 48.5 Å². The van der Waals surface area contributed by atoms with Gasteiger partial charge in [0.05, 0.1) is 0 Å². The minimum absolute atomic E-state index is 0. The number of benzene rings is 9. The van der Waals surface area contributed by atoms with Crippen LogP contribution in [0.25, 0.3) is 64.6 Å². The number of rotatable bonds is 0. The molecule has 235 valence electrons. The fourth-order valence-electron chi connectivity index (χ4n) is 6.17. The van der Waals surface area contributed by atoms with E-state index in [1.807, 2.05) is 66.7 Å². The predicted octanol–water partition coefficient (Wildman–Crippen LogP) is 11.6. The SMILES string of the molecule is C#Cc1ccc2c(ccc3c[c-]ccc32)c1.C#Cc1ccc2c(ccc3c[c-]ccc32)c1.[Ag].[C-]#Cc1ccc2c(ccc3ccccc32)c1.[H-]. The Morgan fingerprint density at radius 3 is 1.31 bits per heavy atom. The predicted molar refractivity (Wildman–Crippen MR) is 205 cm³/mol. The molecule has 0 spiro atoms. The van der Waals surface area contributed by atoms with Crippen molar-refractivity contribution in [1.29, 1.82) is 0 Å². The van der Waals surface area contributed by atoms with E-state index in [0.29, 0.717) is 0 Å². The Kier molecular flexibility index (Phi) is 9.93. The first-order valence-electron chi connectivity index (χ1n) is 15.6. The molecule has 9 aromatic carbocycles. The van der Waals surface area contributed by atoms with E-state index in [9.17, 15) is 0 Å². The van der Waals surface area contributed by atoms with E-state index >= 15 is 0 Å². The number of hydrogen-bond donors (Lipinski definition) is 0. The molecule has 9 aromatic rings. The third-order valence-corrected chi connectivity index (χ3v) is 8.58. The van der Waals surface area contributed by atoms with Crippen molar-refractivity contribution < 1.29 is 23.8 Å². The van der Waals surface area contributed by atoms with Gasteiger partial charge in [-0.1, -0.05) is 78.6 Å². The van der Waals surface area contributed by atoms with Gasteiger partial charge in [-0.3, -0.25) is 5.92 Å². The molecule has 0 aliphatic rings. The molecule has 0 nitrogen and oxygen atoms in total. The summed E-state index contributed by atoms with van der Waals surface area (Å²) in [5, 5.41) is 14.7. The molecule has 0 fully saturated rings. The molecule has 0 saturated heterocycles. The van der Waals surface area contributed by atoms with Gasteiger partial charge in [-0.25, -0.2) is 0 Å². The summed E-state index contributed by atoms with van der Waals surface area (Å²) in [5.74, 6) is 7.74. The van der Waals surface area contributed by atoms with Crippen LogP contribution in [-0.2, 0) is 22.4 Å². The molecule has 0 aliphatic carbocycles. The molecule has 9 rings (SSSR count). The van der Waals surface area contributed by atoms with Crippen LogP contribution < -0.4 is 0 Å². The molecule has 0 heterocycles. The van der Waals surface area contributed by atoms with Crippen LogP contribution in [0.4, 0.5) is 0 Å². The Balaban J connectivity index is 0.000000143. The summed E-state index contributed by atoms with van der Waals surface area (Å²) < 4.78 is 0. The summed E-state index contributed by atoms with van der Waals surface area (Å²) in [6, 6.07) is 57.5. The van der Waals surface area contributed by atoms with Crippen LogP contribution in [0.15, 0.2) is 152 Å². The van der Waals surface area contributed by atoms with E-state index in [-0.39, 0.29) is 23.8 Å². The Bertz CT molecular complexity index is 2470. The molecule has 1 radical (unpaired) electrons. The van der Waals surface area contributed by atoms with Gasteiger partial charge in [0.2, 0.25) is 0 Å². The van der Waals surface area contributed by atoms with Crippen LogP contribution in [0.2, 0.25) is 0 Å². The van der Waals surface area contributed by atoms with E-state index < -0.39 is 0 Å². The summed E-state index contributed by atoms with van der Waals surface area (Å²) in [5.41, 5.74) is 2.67. The fraction of sp³-hybridized carbons (Fsp3) is 0. The molecule has 1 heteroatoms. The molecular formula is C48H28Ag-4. The van der Waals surface area contributed by atoms with Gasteiger partial charge in [0, 0.05) is 33.5 Å². The zero-order valence-electron chi connectivity index (χ0n) is 27.4. The standard InChI is InChI=1S/3C16H9.Ag.H/c3*1-2-12-7-10-16-14(11-12)9-8-13-5-3-4-6-15(13)16;;/h3-11H;2*1,4-11H;;/q3*-1;;-1. The van der Waals surface area contributed by atoms with Crippen molar-refractivity contribution in [1.82, 2.24) is 0 Å². The molecule has 0 aliphatic heterocycles. The maximum Gasteiger partial charge on any atom is 0.0248 e. The molecule has 49 heavy (non-hydrogen) atoms. The first-order valence-corrected chi connectivity index (χ1v) is 15.6. The first-order chi connectivity index (χ1) is 23.6. The van der Waals surface area contributed by atoms with E-state index in [2.05, 4.69) is 115 Å². The molecule has 0 amide bonds. The largest absolute Gasteiger partial charge is 1.00 e. The molecule has 0 atom stereocenters. The normalized spacial score (nSPS) is 10.2. The topological polar surface area (TPSA) is 0 Å². The Labute approximate surface area is 304 Å². The van der Waals surface area contributed by atoms with Crippen LogP contribution in [0, 0.1) is 49.2 Å². The zero-order valence-corrected chi connectivity index (χ0v) is 27.9. The molecule has 0 bridgehead atoms. The molecule has 0 unspecified atom stereocenters. The summed E-state index contributed by atoms with van der Waals surface area (Å²) in [7, 11) is 0. The maximum atomic E-state index is 7.13. The summed E-state index contributed by atoms with van der Waals surface area (Å²) in [6.45, 7) is 0. The van der Waals surface area contributed by atoms with Crippen molar-refractivity contribution in [2.45, 2.75) is 0 Å². The average molecular weight is 713 g/mol. The minimum atomic E-state index is 0. The van der Waals surface area contributed by atoms with Crippen molar-refractivity contribution in [3.63, 3.8) is 0 Å². The van der Waals surface area contributed by atoms with Crippen molar-refractivity contribution in [2.75, 3.05) is 0 Å². The van der Waals surface area contributed by atoms with Crippen LogP contribution >= 0.6 is 0 Å². The maximum absolute atomic E-state index is 7.13. The summed E-state index contributed by atoms with van der Waals surface area (Å²) >= 11 is 0. The second-order valence-electron chi connectivity index (χ2n) is 11.4. The Hall–Kier alpha value is -6.04. The molecular weight excluding hydrogens is 684 g/mol. The third kappa shape index (κ3) is 6.84. The van der Waals surface area contributed by atoms with Gasteiger partial charge in [-0.15, -0.1) is 64.2 Å². The van der Waals surface area contributed by atoms with Crippen LogP contribution in [0.5, 0.6) is 0 Å². The van der Waals surface area contributed by atoms with Gasteiger partial charge in [-0.05, 0) is 67.4 Å². The smallest absolute Gasteiger partial charge is 0.0248 e. The fourth-order valence-corrected chi connectivity index (χ4v) is 6.17. The molecule has 0 saturated carbocycles. The van der Waals surface area contributed by atoms with Gasteiger partial charge in [0.25, 0.3) is 0 Å². The number of hydrogen-bond acceptors (Lipinski definition) is 0. The van der Waals surface area contributed by atoms with Gasteiger partial charge in [0.1, 0.15) is 0 Å². The van der Waals surface area contributed by atoms with Crippen LogP contribution in [0.1, 0.15) is 18.1 Å². The second-order valence-corrected chi connectivity index (χ2v) is 11.4. The van der Waals surface area contributed by atoms with Crippen molar-refractivity contribution >= 4 is 64.6 Å². The second kappa shape index (κ2) is 14.8. The van der Waals surface area contributed by atoms with Gasteiger partial charge in [0.15, 0.2) is 0 Å². The van der Waals surface area contributed by atoms with Crippen LogP contribution in [0.3, 0.4) is 0 Å². The quantitative estimate of drug-likeness (QED) is 0.0636. The van der Waals surface area contributed by atoms with Crippen LogP contribution in [-0.4, -0.2) is 0 Å². The van der Waals surface area contributed by atoms with Gasteiger partial charge >= 0.3 is 0 Å². The van der Waals surface area contributed by atoms with Crippen molar-refractivity contribution in [2.24, 2.45) is 0 Å². The summed E-state index contributed by atoms with van der Waals surface area (Å²) in [4.78, 5) is 0. The van der Waals surface area contributed by atoms with Gasteiger partial charge < -0.3 is 7.85 Å². The Morgan fingerprint density at radius 2 is 0.816 bits per heavy atom. The molecule has 0 N–H and O–H groups in total. The van der Waals surface area contributed by atoms with E-state index in [0.717, 1.165) is 22.1 Å². The minimum Gasteiger partial charge on any atom is -1.00 e. The average Bonchev–Trinajstić information content (AvgIpc) is 3.17. The first kappa shape index (κ1) is 32.9. The molecule has 0 aromatic heterocycles. The zero-order chi connectivity index (χ0) is 32.9. The third-order valence-electron chi connectivity index (χ3n) is 8.58. The summed E-state index contributed by atoms with van der Waals surface area (Å²) in [6.07, 6.45) is 17.9. The number of terminal acetylenes is 2. The van der Waals surface area contributed by atoms with Crippen molar-refractivity contribution in [3.8, 4) is 30.6 Å². The monoisotopic (exact) mass is 711 g/mol.